The number of benzene rings is 2. The minimum atomic E-state index is -1.12. The minimum Gasteiger partial charge on any atom is -0.477 e. The quantitative estimate of drug-likeness (QED) is 0.541. The second-order valence-electron chi connectivity index (χ2n) is 5.17. The SMILES string of the molecule is O=C(O)c1cc2cc([N+](=O)[O-])ccc2n1Cc1ccc(Cl)c(Cl)c1. The number of carboxylic acids is 1. The number of non-ortho nitro benzene ring substituents is 1. The van der Waals surface area contributed by atoms with E-state index in [1.807, 2.05) is 0 Å². The number of aromatic nitrogens is 1. The third-order valence-electron chi connectivity index (χ3n) is 3.64. The highest BCUT2D eigenvalue weighted by molar-refractivity contribution is 6.42. The zero-order valence-corrected chi connectivity index (χ0v) is 13.6. The second kappa shape index (κ2) is 6.14. The molecule has 1 heterocycles. The topological polar surface area (TPSA) is 85.4 Å². The molecule has 0 saturated heterocycles. The molecule has 0 unspecified atom stereocenters. The number of carboxylic acid groups (broad SMARTS) is 1. The largest absolute Gasteiger partial charge is 0.477 e. The highest BCUT2D eigenvalue weighted by Gasteiger charge is 2.17. The number of nitro benzene ring substituents is 1. The van der Waals surface area contributed by atoms with Crippen LogP contribution in [0.5, 0.6) is 0 Å². The van der Waals surface area contributed by atoms with Crippen LogP contribution in [0, 0.1) is 10.1 Å². The Morgan fingerprint density at radius 3 is 2.50 bits per heavy atom. The first-order valence-electron chi connectivity index (χ1n) is 6.81. The highest BCUT2D eigenvalue weighted by Crippen LogP contribution is 2.27. The van der Waals surface area contributed by atoms with Crippen molar-refractivity contribution >= 4 is 45.8 Å². The molecule has 0 atom stereocenters. The minimum absolute atomic E-state index is 0.0385. The van der Waals surface area contributed by atoms with Crippen molar-refractivity contribution in [3.63, 3.8) is 0 Å². The van der Waals surface area contributed by atoms with Gasteiger partial charge in [-0.15, -0.1) is 0 Å². The van der Waals surface area contributed by atoms with Gasteiger partial charge in [0.25, 0.3) is 5.69 Å². The van der Waals surface area contributed by atoms with Crippen molar-refractivity contribution < 1.29 is 14.8 Å². The maximum absolute atomic E-state index is 11.5. The van der Waals surface area contributed by atoms with Gasteiger partial charge >= 0.3 is 5.97 Å². The number of hydrogen-bond donors (Lipinski definition) is 1. The maximum atomic E-state index is 11.5. The van der Waals surface area contributed by atoms with Gasteiger partial charge in [-0.25, -0.2) is 4.79 Å². The van der Waals surface area contributed by atoms with E-state index in [-0.39, 0.29) is 17.9 Å². The summed E-state index contributed by atoms with van der Waals surface area (Å²) in [5.41, 5.74) is 1.30. The van der Waals surface area contributed by atoms with Crippen LogP contribution in [0.25, 0.3) is 10.9 Å². The van der Waals surface area contributed by atoms with Gasteiger partial charge in [0.2, 0.25) is 0 Å². The lowest BCUT2D eigenvalue weighted by Crippen LogP contribution is -2.09. The Kier molecular flexibility index (Phi) is 4.17. The summed E-state index contributed by atoms with van der Waals surface area (Å²) < 4.78 is 1.57. The first-order valence-corrected chi connectivity index (χ1v) is 7.57. The van der Waals surface area contributed by atoms with Gasteiger partial charge in [-0.3, -0.25) is 10.1 Å². The van der Waals surface area contributed by atoms with Crippen molar-refractivity contribution in [2.45, 2.75) is 6.54 Å². The van der Waals surface area contributed by atoms with Crippen LogP contribution >= 0.6 is 23.2 Å². The van der Waals surface area contributed by atoms with Crippen LogP contribution in [0.4, 0.5) is 5.69 Å². The van der Waals surface area contributed by atoms with Crippen molar-refractivity contribution in [1.29, 1.82) is 0 Å². The molecule has 3 aromatic rings. The summed E-state index contributed by atoms with van der Waals surface area (Å²) in [5.74, 6) is -1.12. The van der Waals surface area contributed by atoms with Crippen molar-refractivity contribution in [1.82, 2.24) is 4.57 Å². The summed E-state index contributed by atoms with van der Waals surface area (Å²) in [6, 6.07) is 10.7. The molecule has 8 heteroatoms. The number of rotatable bonds is 4. The van der Waals surface area contributed by atoms with Crippen molar-refractivity contribution in [3.8, 4) is 0 Å². The zero-order valence-electron chi connectivity index (χ0n) is 12.1. The highest BCUT2D eigenvalue weighted by atomic mass is 35.5. The van der Waals surface area contributed by atoms with Gasteiger partial charge < -0.3 is 9.67 Å². The third-order valence-corrected chi connectivity index (χ3v) is 4.38. The molecule has 0 fully saturated rings. The van der Waals surface area contributed by atoms with Gasteiger partial charge in [0.1, 0.15) is 5.69 Å². The van der Waals surface area contributed by atoms with E-state index in [9.17, 15) is 20.0 Å². The Bertz CT molecular complexity index is 982. The van der Waals surface area contributed by atoms with E-state index in [2.05, 4.69) is 0 Å². The number of nitro groups is 1. The lowest BCUT2D eigenvalue weighted by atomic mass is 10.2. The maximum Gasteiger partial charge on any atom is 0.352 e. The number of nitrogens with zero attached hydrogens (tertiary/aromatic N) is 2. The van der Waals surface area contributed by atoms with Crippen LogP contribution in [0.3, 0.4) is 0 Å². The Balaban J connectivity index is 2.14. The van der Waals surface area contributed by atoms with Gasteiger partial charge in [-0.2, -0.15) is 0 Å². The van der Waals surface area contributed by atoms with Crippen LogP contribution in [0.1, 0.15) is 16.1 Å². The van der Waals surface area contributed by atoms with E-state index in [1.54, 1.807) is 22.8 Å². The van der Waals surface area contributed by atoms with Crippen LogP contribution in [0.15, 0.2) is 42.5 Å². The third kappa shape index (κ3) is 2.93. The molecule has 0 saturated carbocycles. The number of halogens is 2. The number of carbonyl (C=O) groups is 1. The van der Waals surface area contributed by atoms with Crippen LogP contribution in [-0.4, -0.2) is 20.6 Å². The molecule has 0 aliphatic carbocycles. The van der Waals surface area contributed by atoms with Crippen LogP contribution in [0.2, 0.25) is 10.0 Å². The van der Waals surface area contributed by atoms with Gasteiger partial charge in [-0.1, -0.05) is 29.3 Å². The monoisotopic (exact) mass is 364 g/mol. The van der Waals surface area contributed by atoms with E-state index in [0.717, 1.165) is 5.56 Å². The van der Waals surface area contributed by atoms with Crippen molar-refractivity contribution in [3.05, 3.63) is 73.9 Å². The van der Waals surface area contributed by atoms with E-state index in [4.69, 9.17) is 23.2 Å². The molecule has 0 amide bonds. The molecule has 2 aromatic carbocycles. The fourth-order valence-electron chi connectivity index (χ4n) is 2.54. The summed E-state index contributed by atoms with van der Waals surface area (Å²) in [4.78, 5) is 21.9. The molecular formula is C16H10Cl2N2O4. The molecule has 6 nitrogen and oxygen atoms in total. The molecular weight excluding hydrogens is 355 g/mol. The van der Waals surface area contributed by atoms with E-state index in [0.29, 0.717) is 20.9 Å². The predicted molar refractivity (Wildman–Crippen MR) is 91.1 cm³/mol. The average molecular weight is 365 g/mol. The fourth-order valence-corrected chi connectivity index (χ4v) is 2.86. The molecule has 0 bridgehead atoms. The molecule has 3 rings (SSSR count). The summed E-state index contributed by atoms with van der Waals surface area (Å²) in [7, 11) is 0. The van der Waals surface area contributed by atoms with Crippen LogP contribution < -0.4 is 0 Å². The Hall–Kier alpha value is -2.57. The number of hydrogen-bond acceptors (Lipinski definition) is 3. The van der Waals surface area contributed by atoms with Crippen molar-refractivity contribution in [2.24, 2.45) is 0 Å². The molecule has 0 aliphatic rings. The average Bonchev–Trinajstić information content (AvgIpc) is 2.89. The van der Waals surface area contributed by atoms with E-state index >= 15 is 0 Å². The molecule has 0 radical (unpaired) electrons. The normalized spacial score (nSPS) is 10.9. The van der Waals surface area contributed by atoms with Gasteiger partial charge in [0.15, 0.2) is 0 Å². The molecule has 0 spiro atoms. The standard InChI is InChI=1S/C16H10Cl2N2O4/c17-12-3-1-9(5-13(12)18)8-19-14-4-2-11(20(23)24)6-10(14)7-15(19)16(21)22/h1-7H,8H2,(H,21,22). The van der Waals surface area contributed by atoms with Gasteiger partial charge in [0.05, 0.1) is 15.0 Å². The smallest absolute Gasteiger partial charge is 0.352 e. The summed E-state index contributed by atoms with van der Waals surface area (Å²) in [6.07, 6.45) is 0. The number of aromatic carboxylic acids is 1. The first-order chi connectivity index (χ1) is 11.4. The zero-order chi connectivity index (χ0) is 17.4. The Morgan fingerprint density at radius 2 is 1.88 bits per heavy atom. The Labute approximate surface area is 146 Å². The first kappa shape index (κ1) is 16.3. The van der Waals surface area contributed by atoms with Gasteiger partial charge in [-0.05, 0) is 29.8 Å². The molecule has 1 N–H and O–H groups in total. The molecule has 0 aliphatic heterocycles. The lowest BCUT2D eigenvalue weighted by Gasteiger charge is -2.09. The fraction of sp³-hybridized carbons (Fsp3) is 0.0625. The lowest BCUT2D eigenvalue weighted by molar-refractivity contribution is -0.384. The molecule has 1 aromatic heterocycles. The van der Waals surface area contributed by atoms with Crippen LogP contribution in [-0.2, 0) is 6.54 Å². The summed E-state index contributed by atoms with van der Waals surface area (Å²) in [6.45, 7) is 0.250. The van der Waals surface area contributed by atoms with E-state index in [1.165, 1.54) is 24.3 Å². The molecule has 24 heavy (non-hydrogen) atoms. The van der Waals surface area contributed by atoms with E-state index < -0.39 is 10.9 Å². The summed E-state index contributed by atoms with van der Waals surface area (Å²) in [5, 5.41) is 21.6. The van der Waals surface area contributed by atoms with Crippen molar-refractivity contribution in [2.75, 3.05) is 0 Å². The predicted octanol–water partition coefficient (Wildman–Crippen LogP) is 4.60. The number of fused-ring (bicyclic) bond motifs is 1. The van der Waals surface area contributed by atoms with Gasteiger partial charge in [0, 0.05) is 29.6 Å². The second-order valence-corrected chi connectivity index (χ2v) is 5.98. The molecule has 122 valence electrons. The summed E-state index contributed by atoms with van der Waals surface area (Å²) >= 11 is 11.9. The Morgan fingerprint density at radius 1 is 1.12 bits per heavy atom.